The van der Waals surface area contributed by atoms with Crippen LogP contribution < -0.4 is 5.73 Å². The predicted molar refractivity (Wildman–Crippen MR) is 32.5 cm³/mol. The van der Waals surface area contributed by atoms with Gasteiger partial charge in [-0.25, -0.2) is 4.79 Å². The van der Waals surface area contributed by atoms with Crippen LogP contribution >= 0.6 is 12.4 Å². The first-order valence-electron chi connectivity index (χ1n) is 2.36. The topological polar surface area (TPSA) is 61.5 Å². The van der Waals surface area contributed by atoms with Crippen LogP contribution in [0.15, 0.2) is 0 Å². The number of carbonyl (C=O) groups excluding carboxylic acids is 1. The van der Waals surface area contributed by atoms with Gasteiger partial charge in [0.25, 0.3) is 0 Å². The molecule has 5 heteroatoms. The minimum atomic E-state index is -0.611. The number of carbonyl (C=O) groups is 1. The van der Waals surface area contributed by atoms with Crippen molar-refractivity contribution in [1.29, 1.82) is 0 Å². The fourth-order valence-electron chi connectivity index (χ4n) is 0.481. The van der Waals surface area contributed by atoms with Gasteiger partial charge in [0.15, 0.2) is 6.10 Å². The molecular formula is C4H8ClNO3. The first-order chi connectivity index (χ1) is 3.83. The molecule has 0 saturated carbocycles. The van der Waals surface area contributed by atoms with Crippen LogP contribution in [-0.4, -0.2) is 25.4 Å². The number of ether oxygens (including phenoxy) is 2. The molecule has 0 aliphatic carbocycles. The van der Waals surface area contributed by atoms with E-state index in [1.165, 1.54) is 0 Å². The SMILES string of the molecule is Cl.NC[C@H]1COC(=O)O1. The molecule has 1 heterocycles. The normalized spacial score (nSPS) is 24.1. The zero-order valence-electron chi connectivity index (χ0n) is 4.70. The highest BCUT2D eigenvalue weighted by Gasteiger charge is 2.22. The molecule has 0 aromatic carbocycles. The summed E-state index contributed by atoms with van der Waals surface area (Å²) in [7, 11) is 0. The summed E-state index contributed by atoms with van der Waals surface area (Å²) in [6.07, 6.45) is -0.831. The van der Waals surface area contributed by atoms with Crippen molar-refractivity contribution in [1.82, 2.24) is 0 Å². The Morgan fingerprint density at radius 1 is 1.78 bits per heavy atom. The number of hydrogen-bond acceptors (Lipinski definition) is 4. The molecule has 9 heavy (non-hydrogen) atoms. The first-order valence-corrected chi connectivity index (χ1v) is 2.36. The van der Waals surface area contributed by atoms with E-state index in [1.54, 1.807) is 0 Å². The van der Waals surface area contributed by atoms with E-state index in [4.69, 9.17) is 5.73 Å². The molecule has 1 aliphatic rings. The van der Waals surface area contributed by atoms with Gasteiger partial charge in [-0.1, -0.05) is 0 Å². The van der Waals surface area contributed by atoms with E-state index in [2.05, 4.69) is 9.47 Å². The third-order valence-corrected chi connectivity index (χ3v) is 0.913. The summed E-state index contributed by atoms with van der Waals surface area (Å²) < 4.78 is 8.94. The Kier molecular flexibility index (Phi) is 3.34. The number of halogens is 1. The fraction of sp³-hybridized carbons (Fsp3) is 0.750. The number of cyclic esters (lactones) is 2. The molecule has 1 fully saturated rings. The van der Waals surface area contributed by atoms with Gasteiger partial charge in [0.1, 0.15) is 6.61 Å². The van der Waals surface area contributed by atoms with E-state index >= 15 is 0 Å². The van der Waals surface area contributed by atoms with E-state index in [0.717, 1.165) is 0 Å². The van der Waals surface area contributed by atoms with Crippen LogP contribution in [0.1, 0.15) is 0 Å². The lowest BCUT2D eigenvalue weighted by atomic mass is 10.4. The Morgan fingerprint density at radius 2 is 2.44 bits per heavy atom. The molecule has 0 unspecified atom stereocenters. The zero-order valence-corrected chi connectivity index (χ0v) is 5.52. The molecule has 4 nitrogen and oxygen atoms in total. The molecule has 1 aliphatic heterocycles. The van der Waals surface area contributed by atoms with Gasteiger partial charge in [-0.05, 0) is 0 Å². The highest BCUT2D eigenvalue weighted by Crippen LogP contribution is 2.02. The maximum absolute atomic E-state index is 10.1. The van der Waals surface area contributed by atoms with Crippen molar-refractivity contribution in [3.05, 3.63) is 0 Å². The average molecular weight is 154 g/mol. The van der Waals surface area contributed by atoms with Crippen LogP contribution in [0.5, 0.6) is 0 Å². The molecule has 0 aromatic rings. The maximum Gasteiger partial charge on any atom is 0.508 e. The zero-order chi connectivity index (χ0) is 5.98. The summed E-state index contributed by atoms with van der Waals surface area (Å²) >= 11 is 0. The quantitative estimate of drug-likeness (QED) is 0.535. The van der Waals surface area contributed by atoms with Gasteiger partial charge in [-0.15, -0.1) is 12.4 Å². The van der Waals surface area contributed by atoms with Gasteiger partial charge in [0.2, 0.25) is 0 Å². The van der Waals surface area contributed by atoms with Gasteiger partial charge >= 0.3 is 6.16 Å². The third kappa shape index (κ3) is 2.07. The van der Waals surface area contributed by atoms with Gasteiger partial charge in [0, 0.05) is 6.54 Å². The van der Waals surface area contributed by atoms with Gasteiger partial charge in [-0.2, -0.15) is 0 Å². The van der Waals surface area contributed by atoms with E-state index in [-0.39, 0.29) is 18.5 Å². The van der Waals surface area contributed by atoms with Crippen LogP contribution in [0.3, 0.4) is 0 Å². The van der Waals surface area contributed by atoms with E-state index in [0.29, 0.717) is 13.2 Å². The molecule has 0 radical (unpaired) electrons. The highest BCUT2D eigenvalue weighted by molar-refractivity contribution is 5.85. The van der Waals surface area contributed by atoms with Crippen molar-refractivity contribution >= 4 is 18.6 Å². The molecule has 0 aromatic heterocycles. The van der Waals surface area contributed by atoms with Crippen LogP contribution in [0.4, 0.5) is 4.79 Å². The smallest absolute Gasteiger partial charge is 0.430 e. The summed E-state index contributed by atoms with van der Waals surface area (Å²) in [5.41, 5.74) is 5.14. The standard InChI is InChI=1S/C4H7NO3.ClH/c5-1-3-2-7-4(6)8-3;/h3H,1-2,5H2;1H/t3-;/m0./s1. The second kappa shape index (κ2) is 3.53. The summed E-state index contributed by atoms with van der Waals surface area (Å²) in [6, 6.07) is 0. The maximum atomic E-state index is 10.1. The molecule has 2 N–H and O–H groups in total. The van der Waals surface area contributed by atoms with Gasteiger partial charge < -0.3 is 15.2 Å². The Hall–Kier alpha value is -0.480. The molecule has 1 saturated heterocycles. The average Bonchev–Trinajstić information content (AvgIpc) is 2.14. The van der Waals surface area contributed by atoms with Crippen molar-refractivity contribution in [2.45, 2.75) is 6.10 Å². The predicted octanol–water partition coefficient (Wildman–Crippen LogP) is -0.0977. The molecule has 1 atom stereocenters. The first kappa shape index (κ1) is 8.52. The van der Waals surface area contributed by atoms with Gasteiger partial charge in [-0.3, -0.25) is 0 Å². The Bertz CT molecular complexity index is 108. The fourth-order valence-corrected chi connectivity index (χ4v) is 0.481. The lowest BCUT2D eigenvalue weighted by Gasteiger charge is -1.97. The molecule has 0 amide bonds. The van der Waals surface area contributed by atoms with Crippen molar-refractivity contribution in [3.8, 4) is 0 Å². The van der Waals surface area contributed by atoms with Gasteiger partial charge in [0.05, 0.1) is 0 Å². The van der Waals surface area contributed by atoms with E-state index < -0.39 is 6.16 Å². The summed E-state index contributed by atoms with van der Waals surface area (Å²) in [5, 5.41) is 0. The molecule has 54 valence electrons. The number of rotatable bonds is 1. The molecule has 0 spiro atoms. The highest BCUT2D eigenvalue weighted by atomic mass is 35.5. The minimum Gasteiger partial charge on any atom is -0.430 e. The van der Waals surface area contributed by atoms with E-state index in [9.17, 15) is 4.79 Å². The minimum absolute atomic E-state index is 0. The van der Waals surface area contributed by atoms with Crippen molar-refractivity contribution in [3.63, 3.8) is 0 Å². The Balaban J connectivity index is 0.000000640. The number of hydrogen-bond donors (Lipinski definition) is 1. The number of nitrogens with two attached hydrogens (primary N) is 1. The van der Waals surface area contributed by atoms with Crippen molar-refractivity contribution in [2.75, 3.05) is 13.2 Å². The second-order valence-corrected chi connectivity index (χ2v) is 1.54. The Labute approximate surface area is 58.7 Å². The van der Waals surface area contributed by atoms with Crippen LogP contribution in [0, 0.1) is 0 Å². The van der Waals surface area contributed by atoms with Crippen LogP contribution in [-0.2, 0) is 9.47 Å². The molecule has 1 rings (SSSR count). The summed E-state index contributed by atoms with van der Waals surface area (Å²) in [4.78, 5) is 10.1. The molecular weight excluding hydrogens is 146 g/mol. The summed E-state index contributed by atoms with van der Waals surface area (Å²) in [6.45, 7) is 0.640. The van der Waals surface area contributed by atoms with Crippen LogP contribution in [0.2, 0.25) is 0 Å². The van der Waals surface area contributed by atoms with Crippen molar-refractivity contribution < 1.29 is 14.3 Å². The lowest BCUT2D eigenvalue weighted by molar-refractivity contribution is 0.119. The Morgan fingerprint density at radius 3 is 2.67 bits per heavy atom. The summed E-state index contributed by atoms with van der Waals surface area (Å²) in [5.74, 6) is 0. The lowest BCUT2D eigenvalue weighted by Crippen LogP contribution is -2.21. The van der Waals surface area contributed by atoms with Crippen LogP contribution in [0.25, 0.3) is 0 Å². The van der Waals surface area contributed by atoms with Crippen molar-refractivity contribution in [2.24, 2.45) is 5.73 Å². The second-order valence-electron chi connectivity index (χ2n) is 1.54. The monoisotopic (exact) mass is 153 g/mol. The largest absolute Gasteiger partial charge is 0.508 e. The molecule has 0 bridgehead atoms. The van der Waals surface area contributed by atoms with E-state index in [1.807, 2.05) is 0 Å². The third-order valence-electron chi connectivity index (χ3n) is 0.913.